The van der Waals surface area contributed by atoms with Gasteiger partial charge in [-0.2, -0.15) is 0 Å². The largest absolute Gasteiger partial charge is 0.495 e. The standard InChI is InChI=1S/C20H19ClN2O4/c1-4-23-11-13(19(24)12-7-5-6-8-16(12)23)20(25)22-15-10-17(26-2)14(21)9-18(15)27-3/h5-11H,4H2,1-3H3,(H,22,25). The van der Waals surface area contributed by atoms with Crippen LogP contribution in [-0.2, 0) is 6.54 Å². The highest BCUT2D eigenvalue weighted by atomic mass is 35.5. The number of amides is 1. The minimum atomic E-state index is -0.532. The molecule has 0 aliphatic carbocycles. The number of aromatic nitrogens is 1. The van der Waals surface area contributed by atoms with E-state index in [0.29, 0.717) is 34.1 Å². The van der Waals surface area contributed by atoms with Gasteiger partial charge in [0, 0.05) is 30.3 Å². The maximum Gasteiger partial charge on any atom is 0.261 e. The highest BCUT2D eigenvalue weighted by Gasteiger charge is 2.18. The first kappa shape index (κ1) is 18.8. The first-order valence-corrected chi connectivity index (χ1v) is 8.73. The van der Waals surface area contributed by atoms with Crippen molar-refractivity contribution in [1.82, 2.24) is 4.57 Å². The number of benzene rings is 2. The number of hydrogen-bond acceptors (Lipinski definition) is 4. The second-order valence-electron chi connectivity index (χ2n) is 5.82. The molecule has 0 saturated heterocycles. The molecule has 0 spiro atoms. The zero-order chi connectivity index (χ0) is 19.6. The van der Waals surface area contributed by atoms with Crippen LogP contribution in [0, 0.1) is 0 Å². The molecule has 3 aromatic rings. The second kappa shape index (κ2) is 7.72. The highest BCUT2D eigenvalue weighted by Crippen LogP contribution is 2.36. The van der Waals surface area contributed by atoms with Crippen LogP contribution < -0.4 is 20.2 Å². The van der Waals surface area contributed by atoms with Crippen molar-refractivity contribution in [3.63, 3.8) is 0 Å². The molecule has 27 heavy (non-hydrogen) atoms. The van der Waals surface area contributed by atoms with E-state index < -0.39 is 5.91 Å². The summed E-state index contributed by atoms with van der Waals surface area (Å²) >= 11 is 6.09. The molecule has 0 aliphatic heterocycles. The van der Waals surface area contributed by atoms with Gasteiger partial charge in [0.1, 0.15) is 17.1 Å². The number of carbonyl (C=O) groups excluding carboxylic acids is 1. The summed E-state index contributed by atoms with van der Waals surface area (Å²) < 4.78 is 12.3. The van der Waals surface area contributed by atoms with E-state index in [1.54, 1.807) is 30.5 Å². The normalized spacial score (nSPS) is 10.7. The van der Waals surface area contributed by atoms with Crippen molar-refractivity contribution >= 4 is 34.1 Å². The number of fused-ring (bicyclic) bond motifs is 1. The van der Waals surface area contributed by atoms with Crippen LogP contribution >= 0.6 is 11.6 Å². The quantitative estimate of drug-likeness (QED) is 0.721. The van der Waals surface area contributed by atoms with Crippen LogP contribution in [0.1, 0.15) is 17.3 Å². The molecule has 1 aromatic heterocycles. The number of para-hydroxylation sites is 1. The lowest BCUT2D eigenvalue weighted by Gasteiger charge is -2.14. The Hall–Kier alpha value is -2.99. The van der Waals surface area contributed by atoms with Crippen molar-refractivity contribution in [3.8, 4) is 11.5 Å². The van der Waals surface area contributed by atoms with Gasteiger partial charge in [-0.25, -0.2) is 0 Å². The van der Waals surface area contributed by atoms with Crippen molar-refractivity contribution in [2.75, 3.05) is 19.5 Å². The number of nitrogens with one attached hydrogen (secondary N) is 1. The Kier molecular flexibility index (Phi) is 5.37. The number of anilines is 1. The molecule has 0 radical (unpaired) electrons. The summed E-state index contributed by atoms with van der Waals surface area (Å²) in [6, 6.07) is 10.3. The van der Waals surface area contributed by atoms with E-state index in [-0.39, 0.29) is 11.0 Å². The Morgan fingerprint density at radius 2 is 1.85 bits per heavy atom. The van der Waals surface area contributed by atoms with Crippen molar-refractivity contribution in [3.05, 3.63) is 63.4 Å². The van der Waals surface area contributed by atoms with E-state index >= 15 is 0 Å². The van der Waals surface area contributed by atoms with E-state index in [1.807, 2.05) is 23.6 Å². The van der Waals surface area contributed by atoms with Crippen LogP contribution in [0.5, 0.6) is 11.5 Å². The van der Waals surface area contributed by atoms with Gasteiger partial charge in [0.2, 0.25) is 5.43 Å². The van der Waals surface area contributed by atoms with Gasteiger partial charge in [-0.3, -0.25) is 9.59 Å². The number of halogens is 1. The number of aryl methyl sites for hydroxylation is 1. The van der Waals surface area contributed by atoms with E-state index in [2.05, 4.69) is 5.32 Å². The molecule has 140 valence electrons. The summed E-state index contributed by atoms with van der Waals surface area (Å²) in [5.41, 5.74) is 0.867. The average Bonchev–Trinajstić information content (AvgIpc) is 2.69. The third kappa shape index (κ3) is 3.48. The van der Waals surface area contributed by atoms with Gasteiger partial charge in [0.15, 0.2) is 0 Å². The highest BCUT2D eigenvalue weighted by molar-refractivity contribution is 6.32. The summed E-state index contributed by atoms with van der Waals surface area (Å²) in [7, 11) is 2.94. The zero-order valence-electron chi connectivity index (χ0n) is 15.2. The lowest BCUT2D eigenvalue weighted by Crippen LogP contribution is -2.24. The van der Waals surface area contributed by atoms with E-state index in [1.165, 1.54) is 14.2 Å². The first-order valence-electron chi connectivity index (χ1n) is 8.35. The fraction of sp³-hybridized carbons (Fsp3) is 0.200. The first-order chi connectivity index (χ1) is 13.0. The van der Waals surface area contributed by atoms with Crippen molar-refractivity contribution in [1.29, 1.82) is 0 Å². The van der Waals surface area contributed by atoms with Crippen molar-refractivity contribution < 1.29 is 14.3 Å². The smallest absolute Gasteiger partial charge is 0.261 e. The fourth-order valence-corrected chi connectivity index (χ4v) is 3.15. The van der Waals surface area contributed by atoms with Gasteiger partial charge in [-0.05, 0) is 19.1 Å². The molecule has 0 fully saturated rings. The predicted octanol–water partition coefficient (Wildman–Crippen LogP) is 3.94. The summed E-state index contributed by atoms with van der Waals surface area (Å²) in [4.78, 5) is 25.7. The zero-order valence-corrected chi connectivity index (χ0v) is 16.0. The molecular weight excluding hydrogens is 368 g/mol. The van der Waals surface area contributed by atoms with Gasteiger partial charge in [0.05, 0.1) is 30.4 Å². The molecule has 0 atom stereocenters. The molecule has 0 aliphatic rings. The maximum absolute atomic E-state index is 12.8. The summed E-state index contributed by atoms with van der Waals surface area (Å²) in [5, 5.41) is 3.57. The minimum absolute atomic E-state index is 0.0477. The molecule has 2 aromatic carbocycles. The maximum atomic E-state index is 12.8. The Morgan fingerprint density at radius 1 is 1.15 bits per heavy atom. The minimum Gasteiger partial charge on any atom is -0.495 e. The Balaban J connectivity index is 2.08. The third-order valence-electron chi connectivity index (χ3n) is 4.30. The molecule has 1 heterocycles. The predicted molar refractivity (Wildman–Crippen MR) is 106 cm³/mol. The number of hydrogen-bond donors (Lipinski definition) is 1. The van der Waals surface area contributed by atoms with Crippen LogP contribution in [0.15, 0.2) is 47.4 Å². The van der Waals surface area contributed by atoms with Gasteiger partial charge in [-0.15, -0.1) is 0 Å². The van der Waals surface area contributed by atoms with Crippen LogP contribution in [-0.4, -0.2) is 24.7 Å². The van der Waals surface area contributed by atoms with Crippen molar-refractivity contribution in [2.24, 2.45) is 0 Å². The summed E-state index contributed by atoms with van der Waals surface area (Å²) in [6.45, 7) is 2.57. The van der Waals surface area contributed by atoms with E-state index in [0.717, 1.165) is 5.52 Å². The summed E-state index contributed by atoms with van der Waals surface area (Å²) in [5.74, 6) is 0.221. The molecular formula is C20H19ClN2O4. The lowest BCUT2D eigenvalue weighted by molar-refractivity contribution is 0.102. The molecule has 6 nitrogen and oxygen atoms in total. The van der Waals surface area contributed by atoms with Crippen LogP contribution in [0.25, 0.3) is 10.9 Å². The molecule has 7 heteroatoms. The fourth-order valence-electron chi connectivity index (χ4n) is 2.92. The number of ether oxygens (including phenoxy) is 2. The molecule has 0 bridgehead atoms. The Bertz CT molecular complexity index is 1080. The van der Waals surface area contributed by atoms with Crippen LogP contribution in [0.3, 0.4) is 0 Å². The summed E-state index contributed by atoms with van der Waals surface area (Å²) in [6.07, 6.45) is 1.57. The number of carbonyl (C=O) groups is 1. The van der Waals surface area contributed by atoms with Crippen molar-refractivity contribution in [2.45, 2.75) is 13.5 Å². The van der Waals surface area contributed by atoms with Crippen LogP contribution in [0.4, 0.5) is 5.69 Å². The number of rotatable bonds is 5. The Labute approximate surface area is 161 Å². The molecule has 0 unspecified atom stereocenters. The van der Waals surface area contributed by atoms with Gasteiger partial charge in [-0.1, -0.05) is 23.7 Å². The number of nitrogens with zero attached hydrogens (tertiary/aromatic N) is 1. The molecule has 1 amide bonds. The van der Waals surface area contributed by atoms with Crippen LogP contribution in [0.2, 0.25) is 5.02 Å². The van der Waals surface area contributed by atoms with E-state index in [4.69, 9.17) is 21.1 Å². The third-order valence-corrected chi connectivity index (χ3v) is 4.59. The lowest BCUT2D eigenvalue weighted by atomic mass is 10.1. The SMILES string of the molecule is CCn1cc(C(=O)Nc2cc(OC)c(Cl)cc2OC)c(=O)c2ccccc21. The second-order valence-corrected chi connectivity index (χ2v) is 6.22. The molecule has 1 N–H and O–H groups in total. The van der Waals surface area contributed by atoms with Gasteiger partial charge >= 0.3 is 0 Å². The molecule has 0 saturated carbocycles. The topological polar surface area (TPSA) is 69.6 Å². The van der Waals surface area contributed by atoms with Gasteiger partial charge < -0.3 is 19.4 Å². The average molecular weight is 387 g/mol. The van der Waals surface area contributed by atoms with E-state index in [9.17, 15) is 9.59 Å². The molecule has 3 rings (SSSR count). The monoisotopic (exact) mass is 386 g/mol. The Morgan fingerprint density at radius 3 is 2.52 bits per heavy atom. The van der Waals surface area contributed by atoms with Gasteiger partial charge in [0.25, 0.3) is 5.91 Å². The number of methoxy groups -OCH3 is 2. The number of pyridine rings is 1.